The number of aromatic nitrogens is 2. The second kappa shape index (κ2) is 4.94. The second-order valence-corrected chi connectivity index (χ2v) is 5.08. The normalized spacial score (nSPS) is 10.4. The highest BCUT2D eigenvalue weighted by molar-refractivity contribution is 9.10. The van der Waals surface area contributed by atoms with Gasteiger partial charge in [0.2, 0.25) is 0 Å². The highest BCUT2D eigenvalue weighted by Crippen LogP contribution is 2.21. The summed E-state index contributed by atoms with van der Waals surface area (Å²) in [5, 5.41) is 9.70. The van der Waals surface area contributed by atoms with Gasteiger partial charge in [-0.2, -0.15) is 5.10 Å². The number of amides is 1. The van der Waals surface area contributed by atoms with E-state index in [-0.39, 0.29) is 5.91 Å². The molecule has 1 amide bonds. The van der Waals surface area contributed by atoms with E-state index in [2.05, 4.69) is 31.4 Å². The van der Waals surface area contributed by atoms with Crippen molar-refractivity contribution >= 4 is 27.5 Å². The molecule has 0 unspecified atom stereocenters. The quantitative estimate of drug-likeness (QED) is 0.894. The van der Waals surface area contributed by atoms with Gasteiger partial charge in [0.15, 0.2) is 0 Å². The SMILES string of the molecule is Cc1cc(NC(=O)c2c(C)n[nH]c2C)ccc1Br. The van der Waals surface area contributed by atoms with Gasteiger partial charge in [0, 0.05) is 15.9 Å². The Labute approximate surface area is 114 Å². The van der Waals surface area contributed by atoms with E-state index in [0.29, 0.717) is 11.3 Å². The molecule has 1 aromatic heterocycles. The van der Waals surface area contributed by atoms with E-state index in [4.69, 9.17) is 0 Å². The standard InChI is InChI=1S/C13H14BrN3O/c1-7-6-10(4-5-11(7)14)15-13(18)12-8(2)16-17-9(12)3/h4-6H,1-3H3,(H,15,18)(H,16,17). The molecule has 0 radical (unpaired) electrons. The number of rotatable bonds is 2. The van der Waals surface area contributed by atoms with Crippen molar-refractivity contribution in [3.05, 3.63) is 45.2 Å². The number of halogens is 1. The Bertz CT molecular complexity index is 585. The molecule has 0 spiro atoms. The molecule has 94 valence electrons. The van der Waals surface area contributed by atoms with Crippen LogP contribution in [0.4, 0.5) is 5.69 Å². The summed E-state index contributed by atoms with van der Waals surface area (Å²) in [6.07, 6.45) is 0. The van der Waals surface area contributed by atoms with Crippen LogP contribution in [0.15, 0.2) is 22.7 Å². The maximum Gasteiger partial charge on any atom is 0.259 e. The van der Waals surface area contributed by atoms with Crippen LogP contribution in [0.1, 0.15) is 27.3 Å². The summed E-state index contributed by atoms with van der Waals surface area (Å²) in [7, 11) is 0. The van der Waals surface area contributed by atoms with E-state index in [1.54, 1.807) is 0 Å². The minimum absolute atomic E-state index is 0.138. The fraction of sp³-hybridized carbons (Fsp3) is 0.231. The summed E-state index contributed by atoms with van der Waals surface area (Å²) < 4.78 is 1.02. The molecule has 0 aliphatic rings. The maximum absolute atomic E-state index is 12.1. The number of carbonyl (C=O) groups excluding carboxylic acids is 1. The van der Waals surface area contributed by atoms with Gasteiger partial charge in [-0.05, 0) is 44.5 Å². The highest BCUT2D eigenvalue weighted by Gasteiger charge is 2.15. The lowest BCUT2D eigenvalue weighted by molar-refractivity contribution is 0.102. The van der Waals surface area contributed by atoms with Gasteiger partial charge >= 0.3 is 0 Å². The van der Waals surface area contributed by atoms with Gasteiger partial charge < -0.3 is 5.32 Å². The van der Waals surface area contributed by atoms with Crippen LogP contribution in [-0.2, 0) is 0 Å². The first-order valence-corrected chi connectivity index (χ1v) is 6.37. The van der Waals surface area contributed by atoms with Crippen LogP contribution in [0.5, 0.6) is 0 Å². The number of benzene rings is 1. The fourth-order valence-corrected chi connectivity index (χ4v) is 2.05. The first-order chi connectivity index (χ1) is 8.49. The average Bonchev–Trinajstić information content (AvgIpc) is 2.64. The van der Waals surface area contributed by atoms with Crippen LogP contribution in [0.2, 0.25) is 0 Å². The Hall–Kier alpha value is -1.62. The van der Waals surface area contributed by atoms with E-state index in [9.17, 15) is 4.79 Å². The Kier molecular flexibility index (Phi) is 3.52. The smallest absolute Gasteiger partial charge is 0.259 e. The number of carbonyl (C=O) groups is 1. The molecule has 0 fully saturated rings. The van der Waals surface area contributed by atoms with Crippen molar-refractivity contribution in [3.63, 3.8) is 0 Å². The zero-order chi connectivity index (χ0) is 13.3. The van der Waals surface area contributed by atoms with Gasteiger partial charge in [-0.3, -0.25) is 9.89 Å². The van der Waals surface area contributed by atoms with Crippen molar-refractivity contribution in [2.45, 2.75) is 20.8 Å². The molecule has 18 heavy (non-hydrogen) atoms. The highest BCUT2D eigenvalue weighted by atomic mass is 79.9. The lowest BCUT2D eigenvalue weighted by atomic mass is 10.1. The molecule has 0 aliphatic heterocycles. The largest absolute Gasteiger partial charge is 0.322 e. The van der Waals surface area contributed by atoms with Crippen molar-refractivity contribution in [1.82, 2.24) is 10.2 Å². The molecule has 1 aromatic carbocycles. The Balaban J connectivity index is 2.24. The van der Waals surface area contributed by atoms with Crippen molar-refractivity contribution < 1.29 is 4.79 Å². The summed E-state index contributed by atoms with van der Waals surface area (Å²) in [5.41, 5.74) is 3.95. The van der Waals surface area contributed by atoms with Gasteiger partial charge in [0.1, 0.15) is 0 Å². The third-order valence-electron chi connectivity index (χ3n) is 2.77. The van der Waals surface area contributed by atoms with Gasteiger partial charge in [-0.1, -0.05) is 15.9 Å². The molecule has 2 N–H and O–H groups in total. The first-order valence-electron chi connectivity index (χ1n) is 5.58. The van der Waals surface area contributed by atoms with Gasteiger partial charge in [-0.25, -0.2) is 0 Å². The summed E-state index contributed by atoms with van der Waals surface area (Å²) in [6, 6.07) is 5.70. The first kappa shape index (κ1) is 12.8. The Morgan fingerprint density at radius 3 is 2.61 bits per heavy atom. The van der Waals surface area contributed by atoms with Crippen molar-refractivity contribution in [2.75, 3.05) is 5.32 Å². The lowest BCUT2D eigenvalue weighted by Crippen LogP contribution is -2.13. The van der Waals surface area contributed by atoms with E-state index >= 15 is 0 Å². The number of nitrogens with one attached hydrogen (secondary N) is 2. The van der Waals surface area contributed by atoms with Gasteiger partial charge in [0.25, 0.3) is 5.91 Å². The third-order valence-corrected chi connectivity index (χ3v) is 3.66. The van der Waals surface area contributed by atoms with Crippen molar-refractivity contribution in [1.29, 1.82) is 0 Å². The summed E-state index contributed by atoms with van der Waals surface area (Å²) in [5.74, 6) is -0.138. The molecule has 4 nitrogen and oxygen atoms in total. The van der Waals surface area contributed by atoms with Crippen molar-refractivity contribution in [3.8, 4) is 0 Å². The summed E-state index contributed by atoms with van der Waals surface area (Å²) >= 11 is 3.43. The minimum Gasteiger partial charge on any atom is -0.322 e. The number of anilines is 1. The number of aryl methyl sites for hydroxylation is 3. The maximum atomic E-state index is 12.1. The Morgan fingerprint density at radius 2 is 2.06 bits per heavy atom. The number of nitrogens with zero attached hydrogens (tertiary/aromatic N) is 1. The van der Waals surface area contributed by atoms with Gasteiger partial charge in [-0.15, -0.1) is 0 Å². The predicted octanol–water partition coefficient (Wildman–Crippen LogP) is 3.35. The average molecular weight is 308 g/mol. The molecular weight excluding hydrogens is 294 g/mol. The van der Waals surface area contributed by atoms with Crippen LogP contribution < -0.4 is 5.32 Å². The topological polar surface area (TPSA) is 57.8 Å². The number of H-pyrrole nitrogens is 1. The van der Waals surface area contributed by atoms with Crippen LogP contribution in [0.25, 0.3) is 0 Å². The number of aromatic amines is 1. The molecular formula is C13H14BrN3O. The minimum atomic E-state index is -0.138. The monoisotopic (exact) mass is 307 g/mol. The molecule has 0 bridgehead atoms. The van der Waals surface area contributed by atoms with E-state index < -0.39 is 0 Å². The van der Waals surface area contributed by atoms with E-state index in [1.165, 1.54) is 0 Å². The molecule has 5 heteroatoms. The van der Waals surface area contributed by atoms with E-state index in [0.717, 1.165) is 21.4 Å². The zero-order valence-electron chi connectivity index (χ0n) is 10.5. The molecule has 0 aliphatic carbocycles. The number of hydrogen-bond acceptors (Lipinski definition) is 2. The second-order valence-electron chi connectivity index (χ2n) is 4.23. The molecule has 0 saturated heterocycles. The molecule has 2 aromatic rings. The summed E-state index contributed by atoms with van der Waals surface area (Å²) in [6.45, 7) is 5.63. The van der Waals surface area contributed by atoms with Crippen molar-refractivity contribution in [2.24, 2.45) is 0 Å². The summed E-state index contributed by atoms with van der Waals surface area (Å²) in [4.78, 5) is 12.1. The van der Waals surface area contributed by atoms with E-state index in [1.807, 2.05) is 39.0 Å². The molecule has 0 saturated carbocycles. The lowest BCUT2D eigenvalue weighted by Gasteiger charge is -2.07. The van der Waals surface area contributed by atoms with Crippen LogP contribution in [0.3, 0.4) is 0 Å². The Morgan fingerprint density at radius 1 is 1.33 bits per heavy atom. The molecule has 1 heterocycles. The number of hydrogen-bond donors (Lipinski definition) is 2. The predicted molar refractivity (Wildman–Crippen MR) is 74.9 cm³/mol. The van der Waals surface area contributed by atoms with Crippen LogP contribution >= 0.6 is 15.9 Å². The molecule has 0 atom stereocenters. The fourth-order valence-electron chi connectivity index (χ4n) is 1.80. The third kappa shape index (κ3) is 2.46. The van der Waals surface area contributed by atoms with Crippen LogP contribution in [-0.4, -0.2) is 16.1 Å². The zero-order valence-corrected chi connectivity index (χ0v) is 12.1. The van der Waals surface area contributed by atoms with Gasteiger partial charge in [0.05, 0.1) is 11.3 Å². The van der Waals surface area contributed by atoms with Crippen LogP contribution in [0, 0.1) is 20.8 Å². The molecule has 2 rings (SSSR count).